The maximum absolute atomic E-state index is 13.5. The Labute approximate surface area is 338 Å². The lowest BCUT2D eigenvalue weighted by atomic mass is 9.95. The number of thiophene rings is 1. The first-order valence-electron chi connectivity index (χ1n) is 18.9. The predicted molar refractivity (Wildman–Crippen MR) is 221 cm³/mol. The third-order valence-corrected chi connectivity index (χ3v) is 10.6. The molecule has 2 aromatic heterocycles. The minimum Gasteiger partial charge on any atom is -0.494 e. The number of unbranched alkanes of at least 4 members (excludes halogenated alkanes) is 4. The fourth-order valence-electron chi connectivity index (χ4n) is 5.74. The average molecular weight is 814 g/mol. The maximum atomic E-state index is 13.5. The molecule has 0 aliphatic carbocycles. The molecule has 0 spiro atoms. The van der Waals surface area contributed by atoms with Crippen LogP contribution in [0.2, 0.25) is 0 Å². The van der Waals surface area contributed by atoms with Gasteiger partial charge in [-0.15, -0.1) is 11.3 Å². The van der Waals surface area contributed by atoms with Crippen molar-refractivity contribution in [2.45, 2.75) is 96.7 Å². The van der Waals surface area contributed by atoms with E-state index in [2.05, 4.69) is 61.3 Å². The molecule has 0 radical (unpaired) electrons. The van der Waals surface area contributed by atoms with Crippen molar-refractivity contribution >= 4 is 42.2 Å². The molecule has 0 saturated carbocycles. The number of nitrogens with zero attached hydrogens (tertiary/aromatic N) is 3. The Morgan fingerprint density at radius 2 is 1.48 bits per heavy atom. The summed E-state index contributed by atoms with van der Waals surface area (Å²) in [6, 6.07) is 19.3. The molecule has 1 unspecified atom stereocenters. The summed E-state index contributed by atoms with van der Waals surface area (Å²) in [4.78, 5) is 48.3. The fraction of sp³-hybridized carbons (Fsp3) is 0.452. The lowest BCUT2D eigenvalue weighted by Crippen LogP contribution is -2.48. The number of carbonyl (C=O) groups is 3. The van der Waals surface area contributed by atoms with Crippen molar-refractivity contribution in [1.29, 1.82) is 0 Å². The molecule has 3 heterocycles. The van der Waals surface area contributed by atoms with Gasteiger partial charge in [0.1, 0.15) is 11.8 Å². The Hall–Kier alpha value is -4.43. The third-order valence-electron chi connectivity index (χ3n) is 8.78. The number of rotatable bonds is 14. The van der Waals surface area contributed by atoms with Crippen molar-refractivity contribution in [3.63, 3.8) is 0 Å². The molecule has 14 heteroatoms. The number of hydrogen-bond donors (Lipinski definition) is 3. The van der Waals surface area contributed by atoms with Crippen LogP contribution in [0, 0.1) is 0 Å². The highest BCUT2D eigenvalue weighted by molar-refractivity contribution is 7.80. The lowest BCUT2D eigenvalue weighted by Gasteiger charge is -2.24. The smallest absolute Gasteiger partial charge is 0.397 e. The van der Waals surface area contributed by atoms with Crippen molar-refractivity contribution < 1.29 is 32.3 Å². The SMILES string of the molecule is CCCCCCCOc1ccc(-c2cnc(-c3ccc(CC(NC(=O)c4ccc(C(C)(C)C)s4)C(=O)N4CCCC4)cc3)nc2)cc1.FC(F)(F)CS.NC=O. The van der Waals surface area contributed by atoms with Crippen LogP contribution in [0.4, 0.5) is 13.2 Å². The van der Waals surface area contributed by atoms with E-state index in [0.29, 0.717) is 17.1 Å². The Balaban J connectivity index is 0.000000842. The van der Waals surface area contributed by atoms with Crippen molar-refractivity contribution in [3.05, 3.63) is 88.4 Å². The molecule has 1 atom stereocenters. The summed E-state index contributed by atoms with van der Waals surface area (Å²) in [5.74, 6) is 0.259. The van der Waals surface area contributed by atoms with Gasteiger partial charge in [-0.3, -0.25) is 14.4 Å². The molecule has 0 bridgehead atoms. The molecular weight excluding hydrogens is 760 g/mol. The molecule has 1 saturated heterocycles. The summed E-state index contributed by atoms with van der Waals surface area (Å²) < 4.78 is 38.0. The summed E-state index contributed by atoms with van der Waals surface area (Å²) in [7, 11) is 0. The van der Waals surface area contributed by atoms with Gasteiger partial charge in [0.2, 0.25) is 12.3 Å². The van der Waals surface area contributed by atoms with Crippen molar-refractivity contribution in [1.82, 2.24) is 20.2 Å². The molecule has 1 aliphatic heterocycles. The van der Waals surface area contributed by atoms with E-state index in [1.54, 1.807) is 0 Å². The molecule has 304 valence electrons. The van der Waals surface area contributed by atoms with Gasteiger partial charge in [-0.1, -0.05) is 89.8 Å². The summed E-state index contributed by atoms with van der Waals surface area (Å²) >= 11 is 4.46. The molecule has 5 rings (SSSR count). The second-order valence-corrected chi connectivity index (χ2v) is 15.8. The van der Waals surface area contributed by atoms with Crippen LogP contribution in [0.3, 0.4) is 0 Å². The largest absolute Gasteiger partial charge is 0.494 e. The number of benzene rings is 2. The molecule has 56 heavy (non-hydrogen) atoms. The van der Waals surface area contributed by atoms with E-state index in [9.17, 15) is 22.8 Å². The first kappa shape index (κ1) is 46.0. The highest BCUT2D eigenvalue weighted by atomic mass is 32.1. The van der Waals surface area contributed by atoms with Gasteiger partial charge in [-0.25, -0.2) is 9.97 Å². The molecule has 9 nitrogen and oxygen atoms in total. The Bertz CT molecular complexity index is 1770. The third kappa shape index (κ3) is 15.6. The zero-order chi connectivity index (χ0) is 41.1. The number of thiol groups is 1. The van der Waals surface area contributed by atoms with Crippen LogP contribution in [-0.2, 0) is 21.4 Å². The second-order valence-electron chi connectivity index (χ2n) is 14.4. The number of likely N-dealkylation sites (tertiary alicyclic amines) is 1. The zero-order valence-corrected chi connectivity index (χ0v) is 34.3. The van der Waals surface area contributed by atoms with Gasteiger partial charge in [-0.05, 0) is 60.1 Å². The van der Waals surface area contributed by atoms with E-state index in [4.69, 9.17) is 9.53 Å². The van der Waals surface area contributed by atoms with Gasteiger partial charge in [0.05, 0.1) is 17.2 Å². The van der Waals surface area contributed by atoms with Crippen molar-refractivity contribution in [3.8, 4) is 28.3 Å². The van der Waals surface area contributed by atoms with Crippen molar-refractivity contribution in [2.75, 3.05) is 25.4 Å². The van der Waals surface area contributed by atoms with Gasteiger partial charge in [-0.2, -0.15) is 25.8 Å². The van der Waals surface area contributed by atoms with Crippen LogP contribution in [0.5, 0.6) is 5.75 Å². The Kier molecular flexibility index (Phi) is 18.8. The molecule has 2 aromatic carbocycles. The van der Waals surface area contributed by atoms with Crippen LogP contribution in [0.1, 0.15) is 92.8 Å². The molecule has 1 fully saturated rings. The van der Waals surface area contributed by atoms with Crippen LogP contribution in [0.25, 0.3) is 22.5 Å². The first-order valence-corrected chi connectivity index (χ1v) is 20.3. The highest BCUT2D eigenvalue weighted by Gasteiger charge is 2.29. The number of primary amides is 1. The summed E-state index contributed by atoms with van der Waals surface area (Å²) in [6.45, 7) is 10.9. The normalized spacial score (nSPS) is 13.1. The summed E-state index contributed by atoms with van der Waals surface area (Å²) in [6.07, 6.45) is 8.36. The molecule has 3 amide bonds. The van der Waals surface area contributed by atoms with Crippen LogP contribution < -0.4 is 15.8 Å². The number of nitrogens with two attached hydrogens (primary N) is 1. The topological polar surface area (TPSA) is 128 Å². The van der Waals surface area contributed by atoms with Crippen LogP contribution in [0.15, 0.2) is 73.1 Å². The lowest BCUT2D eigenvalue weighted by molar-refractivity contribution is -0.132. The predicted octanol–water partition coefficient (Wildman–Crippen LogP) is 9.06. The number of ether oxygens (including phenoxy) is 1. The summed E-state index contributed by atoms with van der Waals surface area (Å²) in [5, 5.41) is 3.06. The average Bonchev–Trinajstić information content (AvgIpc) is 3.91. The number of hydrogen-bond acceptors (Lipinski definition) is 8. The molecule has 3 N–H and O–H groups in total. The quantitative estimate of drug-likeness (QED) is 0.0663. The molecule has 1 aliphatic rings. The molecule has 4 aromatic rings. The van der Waals surface area contributed by atoms with Crippen LogP contribution >= 0.6 is 24.0 Å². The Morgan fingerprint density at radius 3 is 2.02 bits per heavy atom. The Morgan fingerprint density at radius 1 is 0.911 bits per heavy atom. The number of halogens is 3. The summed E-state index contributed by atoms with van der Waals surface area (Å²) in [5.41, 5.74) is 7.97. The van der Waals surface area contributed by atoms with Crippen LogP contribution in [-0.4, -0.2) is 70.8 Å². The van der Waals surface area contributed by atoms with E-state index in [-0.39, 0.29) is 23.6 Å². The minimum atomic E-state index is -4.09. The van der Waals surface area contributed by atoms with Gasteiger partial charge in [0.25, 0.3) is 5.91 Å². The fourth-order valence-corrected chi connectivity index (χ4v) is 6.71. The highest BCUT2D eigenvalue weighted by Crippen LogP contribution is 2.30. The van der Waals surface area contributed by atoms with Gasteiger partial charge >= 0.3 is 6.18 Å². The van der Waals surface area contributed by atoms with E-state index >= 15 is 0 Å². The maximum Gasteiger partial charge on any atom is 0.397 e. The number of alkyl halides is 3. The van der Waals surface area contributed by atoms with E-state index in [1.165, 1.54) is 37.0 Å². The van der Waals surface area contributed by atoms with Gasteiger partial charge in [0.15, 0.2) is 5.82 Å². The zero-order valence-electron chi connectivity index (χ0n) is 32.6. The van der Waals surface area contributed by atoms with Gasteiger partial charge in [0, 0.05) is 47.9 Å². The van der Waals surface area contributed by atoms with E-state index < -0.39 is 18.0 Å². The van der Waals surface area contributed by atoms with Gasteiger partial charge < -0.3 is 20.7 Å². The van der Waals surface area contributed by atoms with Crippen molar-refractivity contribution in [2.24, 2.45) is 5.73 Å². The van der Waals surface area contributed by atoms with E-state index in [0.717, 1.165) is 71.8 Å². The monoisotopic (exact) mass is 813 g/mol. The van der Waals surface area contributed by atoms with E-state index in [1.807, 2.05) is 78.0 Å². The second kappa shape index (κ2) is 23.0. The number of aromatic nitrogens is 2. The number of nitrogens with one attached hydrogen (secondary N) is 1. The molecular formula is C42H54F3N5O4S2. The number of carbonyl (C=O) groups excluding carboxylic acids is 3. The number of amides is 3. The first-order chi connectivity index (χ1) is 26.7. The standard InChI is InChI=1S/C39H48N4O3S.C2H3F3S.CH3NO/c1-5-6-7-8-11-24-46-32-18-16-29(17-19-32)31-26-40-36(41-27-31)30-14-12-28(13-15-30)25-33(38(45)43-22-9-10-23-43)42-37(44)34-20-21-35(47-34)39(2,3)4;3-2(4,5)1-6;2-1-3/h12-21,26-27,33H,5-11,22-25H2,1-4H3,(H,42,44);6H,1H2;1H,(H2,2,3). The minimum absolute atomic E-state index is 0.0200.